The first-order valence-corrected chi connectivity index (χ1v) is 5.79. The zero-order valence-electron chi connectivity index (χ0n) is 9.27. The lowest BCUT2D eigenvalue weighted by Crippen LogP contribution is -1.89. The molecule has 0 unspecified atom stereocenters. The third kappa shape index (κ3) is 1.93. The molecule has 1 aromatic carbocycles. The van der Waals surface area contributed by atoms with Gasteiger partial charge in [-0.15, -0.1) is 0 Å². The van der Waals surface area contributed by atoms with Crippen LogP contribution in [0.4, 0.5) is 4.39 Å². The number of pyridine rings is 2. The van der Waals surface area contributed by atoms with Crippen molar-refractivity contribution in [1.82, 2.24) is 9.97 Å². The van der Waals surface area contributed by atoms with E-state index in [1.807, 2.05) is 18.2 Å². The Balaban J connectivity index is 2.22. The van der Waals surface area contributed by atoms with Crippen LogP contribution in [0.2, 0.25) is 5.02 Å². The van der Waals surface area contributed by atoms with Gasteiger partial charge in [0.05, 0.1) is 10.7 Å². The molecule has 0 aliphatic rings. The maximum absolute atomic E-state index is 12.9. The molecule has 2 aromatic heterocycles. The number of hydrogen-bond acceptors (Lipinski definition) is 2. The summed E-state index contributed by atoms with van der Waals surface area (Å²) in [6, 6.07) is 11.6. The molecule has 88 valence electrons. The average molecular weight is 259 g/mol. The van der Waals surface area contributed by atoms with E-state index in [-0.39, 0.29) is 5.82 Å². The molecule has 0 amide bonds. The summed E-state index contributed by atoms with van der Waals surface area (Å²) < 4.78 is 12.9. The van der Waals surface area contributed by atoms with Crippen molar-refractivity contribution in [3.05, 3.63) is 59.5 Å². The van der Waals surface area contributed by atoms with E-state index in [1.165, 1.54) is 12.1 Å². The van der Waals surface area contributed by atoms with Crippen molar-refractivity contribution in [3.8, 4) is 11.3 Å². The maximum Gasteiger partial charge on any atom is 0.159 e. The van der Waals surface area contributed by atoms with Crippen molar-refractivity contribution in [1.29, 1.82) is 0 Å². The summed E-state index contributed by atoms with van der Waals surface area (Å²) in [4.78, 5) is 8.59. The van der Waals surface area contributed by atoms with Gasteiger partial charge in [-0.2, -0.15) is 0 Å². The van der Waals surface area contributed by atoms with Crippen LogP contribution in [0.1, 0.15) is 0 Å². The highest BCUT2D eigenvalue weighted by atomic mass is 35.5. The Kier molecular flexibility index (Phi) is 2.68. The van der Waals surface area contributed by atoms with Crippen LogP contribution in [0.3, 0.4) is 0 Å². The molecule has 0 N–H and O–H groups in total. The summed E-state index contributed by atoms with van der Waals surface area (Å²) in [5.41, 5.74) is 2.01. The fraction of sp³-hybridized carbons (Fsp3) is 0. The van der Waals surface area contributed by atoms with Gasteiger partial charge in [0.1, 0.15) is 5.82 Å². The SMILES string of the molecule is Fc1ccc(-c2nc3ncccc3cc2Cl)cc1. The van der Waals surface area contributed by atoms with E-state index in [9.17, 15) is 4.39 Å². The standard InChI is InChI=1S/C14H8ClFN2/c15-12-8-10-2-1-7-17-14(10)18-13(12)9-3-5-11(16)6-4-9/h1-8H. The fourth-order valence-corrected chi connectivity index (χ4v) is 2.06. The van der Waals surface area contributed by atoms with Crippen LogP contribution >= 0.6 is 11.6 Å². The molecule has 18 heavy (non-hydrogen) atoms. The Bertz CT molecular complexity index is 711. The lowest BCUT2D eigenvalue weighted by molar-refractivity contribution is 0.628. The lowest BCUT2D eigenvalue weighted by atomic mass is 10.1. The lowest BCUT2D eigenvalue weighted by Gasteiger charge is -2.05. The van der Waals surface area contributed by atoms with Crippen molar-refractivity contribution in [2.24, 2.45) is 0 Å². The van der Waals surface area contributed by atoms with E-state index in [4.69, 9.17) is 11.6 Å². The van der Waals surface area contributed by atoms with Crippen LogP contribution in [0, 0.1) is 5.82 Å². The summed E-state index contributed by atoms with van der Waals surface area (Å²) in [5.74, 6) is -0.284. The van der Waals surface area contributed by atoms with Crippen molar-refractivity contribution >= 4 is 22.6 Å². The molecule has 0 aliphatic heterocycles. The molecule has 0 saturated carbocycles. The second-order valence-corrected chi connectivity index (χ2v) is 4.28. The van der Waals surface area contributed by atoms with E-state index >= 15 is 0 Å². The molecular formula is C14H8ClFN2. The largest absolute Gasteiger partial charge is 0.237 e. The van der Waals surface area contributed by atoms with Crippen LogP contribution < -0.4 is 0 Å². The molecule has 0 radical (unpaired) electrons. The van der Waals surface area contributed by atoms with Gasteiger partial charge in [0.2, 0.25) is 0 Å². The van der Waals surface area contributed by atoms with E-state index < -0.39 is 0 Å². The van der Waals surface area contributed by atoms with Crippen molar-refractivity contribution in [2.75, 3.05) is 0 Å². The van der Waals surface area contributed by atoms with Crippen molar-refractivity contribution < 1.29 is 4.39 Å². The first-order valence-electron chi connectivity index (χ1n) is 5.41. The second kappa shape index (κ2) is 4.35. The Hall–Kier alpha value is -2.00. The first-order chi connectivity index (χ1) is 8.74. The Morgan fingerprint density at radius 3 is 2.61 bits per heavy atom. The number of benzene rings is 1. The van der Waals surface area contributed by atoms with Gasteiger partial charge < -0.3 is 0 Å². The van der Waals surface area contributed by atoms with Gasteiger partial charge in [-0.3, -0.25) is 0 Å². The monoisotopic (exact) mass is 258 g/mol. The topological polar surface area (TPSA) is 25.8 Å². The molecular weight excluding hydrogens is 251 g/mol. The van der Waals surface area contributed by atoms with Crippen LogP contribution in [0.25, 0.3) is 22.3 Å². The fourth-order valence-electron chi connectivity index (χ4n) is 1.79. The smallest absolute Gasteiger partial charge is 0.159 e. The predicted octanol–water partition coefficient (Wildman–Crippen LogP) is 4.09. The molecule has 3 rings (SSSR count). The van der Waals surface area contributed by atoms with Crippen LogP contribution in [0.5, 0.6) is 0 Å². The van der Waals surface area contributed by atoms with Gasteiger partial charge >= 0.3 is 0 Å². The minimum absolute atomic E-state index is 0.284. The highest BCUT2D eigenvalue weighted by Crippen LogP contribution is 2.28. The quantitative estimate of drug-likeness (QED) is 0.657. The highest BCUT2D eigenvalue weighted by molar-refractivity contribution is 6.33. The molecule has 0 saturated heterocycles. The summed E-state index contributed by atoms with van der Waals surface area (Å²) >= 11 is 6.19. The van der Waals surface area contributed by atoms with Gasteiger partial charge in [-0.25, -0.2) is 14.4 Å². The average Bonchev–Trinajstić information content (AvgIpc) is 2.39. The summed E-state index contributed by atoms with van der Waals surface area (Å²) in [7, 11) is 0. The Labute approximate surface area is 108 Å². The first kappa shape index (κ1) is 11.1. The third-order valence-electron chi connectivity index (χ3n) is 2.66. The van der Waals surface area contributed by atoms with Gasteiger partial charge in [0, 0.05) is 17.1 Å². The van der Waals surface area contributed by atoms with Gasteiger partial charge in [-0.1, -0.05) is 11.6 Å². The van der Waals surface area contributed by atoms with Gasteiger partial charge in [0.15, 0.2) is 5.65 Å². The van der Waals surface area contributed by atoms with E-state index in [0.29, 0.717) is 16.4 Å². The normalized spacial score (nSPS) is 10.8. The summed E-state index contributed by atoms with van der Waals surface area (Å²) in [5, 5.41) is 1.41. The van der Waals surface area contributed by atoms with Crippen molar-refractivity contribution in [3.63, 3.8) is 0 Å². The van der Waals surface area contributed by atoms with Crippen LogP contribution in [-0.4, -0.2) is 9.97 Å². The van der Waals surface area contributed by atoms with Crippen molar-refractivity contribution in [2.45, 2.75) is 0 Å². The molecule has 0 spiro atoms. The van der Waals surface area contributed by atoms with Gasteiger partial charge in [-0.05, 0) is 42.5 Å². The molecule has 0 aliphatic carbocycles. The Morgan fingerprint density at radius 1 is 1.06 bits per heavy atom. The zero-order chi connectivity index (χ0) is 12.5. The zero-order valence-corrected chi connectivity index (χ0v) is 10.0. The molecule has 2 nitrogen and oxygen atoms in total. The highest BCUT2D eigenvalue weighted by Gasteiger charge is 2.08. The number of halogens is 2. The molecule has 0 atom stereocenters. The van der Waals surface area contributed by atoms with E-state index in [1.54, 1.807) is 18.3 Å². The molecule has 3 aromatic rings. The van der Waals surface area contributed by atoms with E-state index in [2.05, 4.69) is 9.97 Å². The molecule has 0 fully saturated rings. The molecule has 2 heterocycles. The van der Waals surface area contributed by atoms with Crippen LogP contribution in [-0.2, 0) is 0 Å². The minimum atomic E-state index is -0.284. The summed E-state index contributed by atoms with van der Waals surface area (Å²) in [6.07, 6.45) is 1.68. The van der Waals surface area contributed by atoms with E-state index in [0.717, 1.165) is 10.9 Å². The number of hydrogen-bond donors (Lipinski definition) is 0. The minimum Gasteiger partial charge on any atom is -0.237 e. The molecule has 4 heteroatoms. The predicted molar refractivity (Wildman–Crippen MR) is 69.9 cm³/mol. The molecule has 0 bridgehead atoms. The maximum atomic E-state index is 12.9. The number of fused-ring (bicyclic) bond motifs is 1. The Morgan fingerprint density at radius 2 is 1.83 bits per heavy atom. The second-order valence-electron chi connectivity index (χ2n) is 3.88. The third-order valence-corrected chi connectivity index (χ3v) is 2.95. The number of rotatable bonds is 1. The number of nitrogens with zero attached hydrogens (tertiary/aromatic N) is 2. The summed E-state index contributed by atoms with van der Waals surface area (Å²) in [6.45, 7) is 0. The van der Waals surface area contributed by atoms with Crippen LogP contribution in [0.15, 0.2) is 48.7 Å². The number of aromatic nitrogens is 2. The van der Waals surface area contributed by atoms with Gasteiger partial charge in [0.25, 0.3) is 0 Å².